The van der Waals surface area contributed by atoms with Crippen LogP contribution in [-0.4, -0.2) is 47.9 Å². The van der Waals surface area contributed by atoms with Crippen molar-refractivity contribution in [3.63, 3.8) is 0 Å². The van der Waals surface area contributed by atoms with Crippen molar-refractivity contribution in [3.8, 4) is 0 Å². The van der Waals surface area contributed by atoms with Crippen molar-refractivity contribution in [3.05, 3.63) is 88.5 Å². The number of benzene rings is 1. The van der Waals surface area contributed by atoms with Gasteiger partial charge in [0.15, 0.2) is 0 Å². The Morgan fingerprint density at radius 1 is 1.27 bits per heavy atom. The molecule has 214 valence electrons. The van der Waals surface area contributed by atoms with Gasteiger partial charge in [0, 0.05) is 59.4 Å². The van der Waals surface area contributed by atoms with Crippen LogP contribution in [0, 0.1) is 17.8 Å². The first-order valence-corrected chi connectivity index (χ1v) is 14.5. The first kappa shape index (κ1) is 28.1. The van der Waals surface area contributed by atoms with Gasteiger partial charge in [-0.2, -0.15) is 0 Å². The number of nitrogens with zero attached hydrogens (tertiary/aromatic N) is 3. The summed E-state index contributed by atoms with van der Waals surface area (Å²) in [5, 5.41) is 3.69. The van der Waals surface area contributed by atoms with Crippen LogP contribution in [0.2, 0.25) is 5.02 Å². The number of fused-ring (bicyclic) bond motifs is 3. The number of pyridine rings is 1. The number of aromatic nitrogens is 1. The van der Waals surface area contributed by atoms with E-state index in [0.717, 1.165) is 12.8 Å². The van der Waals surface area contributed by atoms with Gasteiger partial charge in [0.05, 0.1) is 24.1 Å². The highest BCUT2D eigenvalue weighted by Gasteiger charge is 2.70. The predicted molar refractivity (Wildman–Crippen MR) is 157 cm³/mol. The molecule has 4 aliphatic rings. The predicted octanol–water partition coefficient (Wildman–Crippen LogP) is 5.95. The summed E-state index contributed by atoms with van der Waals surface area (Å²) in [6, 6.07) is 8.48. The lowest BCUT2D eigenvalue weighted by Crippen LogP contribution is -2.54. The maximum atomic E-state index is 16.7. The molecule has 41 heavy (non-hydrogen) atoms. The maximum Gasteiger partial charge on any atom is 0.250 e. The monoisotopic (exact) mass is 596 g/mol. The Bertz CT molecular complexity index is 1480. The Morgan fingerprint density at radius 3 is 2.80 bits per heavy atom. The summed E-state index contributed by atoms with van der Waals surface area (Å²) < 4.78 is 21.9. The minimum atomic E-state index is -1.41. The molecule has 0 bridgehead atoms. The molecule has 1 N–H and O–H groups in total. The third kappa shape index (κ3) is 4.80. The van der Waals surface area contributed by atoms with Gasteiger partial charge in [-0.05, 0) is 61.6 Å². The van der Waals surface area contributed by atoms with Gasteiger partial charge in [-0.1, -0.05) is 41.9 Å². The number of likely N-dealkylation sites (tertiary alicyclic amines) is 1. The largest absolute Gasteiger partial charge is 0.378 e. The third-order valence-corrected chi connectivity index (χ3v) is 9.01. The standard InChI is InChI=1S/C31H31Cl2FN4O3/c1-18(32)4-3-5-24(34)28-27-26(11-13-37(29(27)39)22-10-12-35-21(15-22)17-41-2)38(16-19-6-7-19)31(28)23-9-8-20(33)14-25(23)36-30(31)40/h3-5,8-10,12,14-15,19,26-28H,1,6-7,11,13,16-17H2,2H3,(H,36,40)/b4-3-,24-5-/t26-,27+,28-,31+/m0/s1. The number of allylic oxidation sites excluding steroid dienone is 4. The van der Waals surface area contributed by atoms with Crippen molar-refractivity contribution in [2.75, 3.05) is 30.4 Å². The second-order valence-electron chi connectivity index (χ2n) is 11.2. The average molecular weight is 598 g/mol. The van der Waals surface area contributed by atoms with Crippen molar-refractivity contribution in [2.24, 2.45) is 17.8 Å². The van der Waals surface area contributed by atoms with Crippen LogP contribution in [0.3, 0.4) is 0 Å². The van der Waals surface area contributed by atoms with Gasteiger partial charge in [0.1, 0.15) is 11.4 Å². The van der Waals surface area contributed by atoms with Crippen LogP contribution in [-0.2, 0) is 26.5 Å². The number of amides is 2. The Hall–Kier alpha value is -3.04. The average Bonchev–Trinajstić information content (AvgIpc) is 3.64. The number of anilines is 2. The Labute approximate surface area is 248 Å². The maximum absolute atomic E-state index is 16.7. The molecular formula is C31H31Cl2FN4O3. The van der Waals surface area contributed by atoms with Crippen molar-refractivity contribution in [1.82, 2.24) is 9.88 Å². The first-order valence-electron chi connectivity index (χ1n) is 13.8. The molecule has 2 amide bonds. The van der Waals surface area contributed by atoms with E-state index in [0.29, 0.717) is 59.7 Å². The zero-order chi connectivity index (χ0) is 28.9. The summed E-state index contributed by atoms with van der Waals surface area (Å²) in [5.74, 6) is -2.60. The van der Waals surface area contributed by atoms with Crippen molar-refractivity contribution >= 4 is 46.4 Å². The zero-order valence-electron chi connectivity index (χ0n) is 22.7. The van der Waals surface area contributed by atoms with Crippen molar-refractivity contribution in [2.45, 2.75) is 37.5 Å². The number of carbonyl (C=O) groups excluding carboxylic acids is 2. The molecule has 6 rings (SSSR count). The van der Waals surface area contributed by atoms with E-state index in [2.05, 4.69) is 21.8 Å². The van der Waals surface area contributed by atoms with Crippen LogP contribution in [0.15, 0.2) is 72.2 Å². The van der Waals surface area contributed by atoms with Gasteiger partial charge >= 0.3 is 0 Å². The topological polar surface area (TPSA) is 74.8 Å². The molecule has 1 aromatic carbocycles. The number of nitrogens with one attached hydrogen (secondary N) is 1. The van der Waals surface area contributed by atoms with E-state index in [9.17, 15) is 9.59 Å². The normalized spacial score (nSPS) is 28.0. The lowest BCUT2D eigenvalue weighted by atomic mass is 9.72. The number of methoxy groups -OCH3 is 1. The Kier molecular flexibility index (Phi) is 7.53. The summed E-state index contributed by atoms with van der Waals surface area (Å²) in [6.07, 6.45) is 8.57. The highest BCUT2D eigenvalue weighted by Crippen LogP contribution is 2.60. The number of ether oxygens (including phenoxy) is 1. The molecular weight excluding hydrogens is 566 g/mol. The molecule has 1 spiro atoms. The van der Waals surface area contributed by atoms with Crippen LogP contribution >= 0.6 is 23.2 Å². The number of carbonyl (C=O) groups is 2. The smallest absolute Gasteiger partial charge is 0.250 e. The minimum Gasteiger partial charge on any atom is -0.378 e. The number of piperidine rings is 1. The summed E-state index contributed by atoms with van der Waals surface area (Å²) in [6.45, 7) is 4.98. The number of rotatable bonds is 8. The fourth-order valence-corrected chi connectivity index (χ4v) is 7.13. The van der Waals surface area contributed by atoms with Gasteiger partial charge < -0.3 is 15.0 Å². The molecule has 7 nitrogen and oxygen atoms in total. The van der Waals surface area contributed by atoms with Crippen LogP contribution in [0.4, 0.5) is 15.8 Å². The summed E-state index contributed by atoms with van der Waals surface area (Å²) >= 11 is 12.2. The van der Waals surface area contributed by atoms with E-state index < -0.39 is 23.2 Å². The SMILES string of the molecule is C=C(Cl)/C=C\C=C(/F)[C@H]1[C@@H]2C(=O)N(c3ccnc(COC)c3)CC[C@@H]2N(CC2CC2)[C@@]12C(=O)Nc1cc(Cl)ccc12. The van der Waals surface area contributed by atoms with Crippen LogP contribution in [0.25, 0.3) is 0 Å². The number of hydrogen-bond acceptors (Lipinski definition) is 5. The second-order valence-corrected chi connectivity index (χ2v) is 12.1. The van der Waals surface area contributed by atoms with E-state index in [1.54, 1.807) is 42.5 Å². The molecule has 1 aromatic heterocycles. The number of hydrogen-bond donors (Lipinski definition) is 1. The van der Waals surface area contributed by atoms with Gasteiger partial charge in [0.25, 0.3) is 0 Å². The Balaban J connectivity index is 1.51. The van der Waals surface area contributed by atoms with E-state index in [1.807, 2.05) is 6.07 Å². The van der Waals surface area contributed by atoms with Gasteiger partial charge in [-0.3, -0.25) is 19.5 Å². The van der Waals surface area contributed by atoms with Crippen LogP contribution in [0.1, 0.15) is 30.5 Å². The van der Waals surface area contributed by atoms with E-state index in [1.165, 1.54) is 18.2 Å². The van der Waals surface area contributed by atoms with E-state index in [-0.39, 0.29) is 22.9 Å². The molecule has 1 saturated carbocycles. The number of halogens is 3. The molecule has 0 unspecified atom stereocenters. The molecule has 10 heteroatoms. The first-order chi connectivity index (χ1) is 19.7. The van der Waals surface area contributed by atoms with Gasteiger partial charge in [-0.25, -0.2) is 4.39 Å². The van der Waals surface area contributed by atoms with E-state index in [4.69, 9.17) is 27.9 Å². The second kappa shape index (κ2) is 11.0. The molecule has 4 atom stereocenters. The molecule has 4 heterocycles. The van der Waals surface area contributed by atoms with Crippen molar-refractivity contribution < 1.29 is 18.7 Å². The molecule has 3 fully saturated rings. The summed E-state index contributed by atoms with van der Waals surface area (Å²) in [4.78, 5) is 36.8. The van der Waals surface area contributed by atoms with Gasteiger partial charge in [-0.15, -0.1) is 0 Å². The quantitative estimate of drug-likeness (QED) is 0.381. The van der Waals surface area contributed by atoms with Crippen LogP contribution in [0.5, 0.6) is 0 Å². The molecule has 3 aliphatic heterocycles. The fraction of sp³-hybridized carbons (Fsp3) is 0.387. The third-order valence-electron chi connectivity index (χ3n) is 8.65. The molecule has 0 radical (unpaired) electrons. The highest BCUT2D eigenvalue weighted by molar-refractivity contribution is 6.31. The lowest BCUT2D eigenvalue weighted by molar-refractivity contribution is -0.129. The summed E-state index contributed by atoms with van der Waals surface area (Å²) in [7, 11) is 1.59. The minimum absolute atomic E-state index is 0.219. The van der Waals surface area contributed by atoms with Crippen molar-refractivity contribution in [1.29, 1.82) is 0 Å². The van der Waals surface area contributed by atoms with Crippen LogP contribution < -0.4 is 10.2 Å². The van der Waals surface area contributed by atoms with E-state index >= 15 is 4.39 Å². The summed E-state index contributed by atoms with van der Waals surface area (Å²) in [5.41, 5.74) is 1.15. The fourth-order valence-electron chi connectivity index (χ4n) is 6.89. The molecule has 2 saturated heterocycles. The van der Waals surface area contributed by atoms with Gasteiger partial charge in [0.2, 0.25) is 11.8 Å². The molecule has 2 aromatic rings. The lowest BCUT2D eigenvalue weighted by Gasteiger charge is -2.40. The highest BCUT2D eigenvalue weighted by atomic mass is 35.5. The Morgan fingerprint density at radius 2 is 2.07 bits per heavy atom. The zero-order valence-corrected chi connectivity index (χ0v) is 24.2. The molecule has 1 aliphatic carbocycles.